The Labute approximate surface area is 247 Å². The number of piperidine rings is 1. The minimum Gasteiger partial charge on any atom is -0.385 e. The Bertz CT molecular complexity index is 1850. The zero-order valence-electron chi connectivity index (χ0n) is 21.8. The number of carbonyl (C=O) groups is 1. The maximum absolute atomic E-state index is 13.3. The number of aromatic nitrogens is 1. The van der Waals surface area contributed by atoms with Crippen molar-refractivity contribution in [3.05, 3.63) is 113 Å². The first kappa shape index (κ1) is 27.4. The molecular weight excluding hydrogens is 578 g/mol. The Kier molecular flexibility index (Phi) is 7.29. The van der Waals surface area contributed by atoms with Gasteiger partial charge in [-0.3, -0.25) is 9.52 Å². The van der Waals surface area contributed by atoms with Gasteiger partial charge in [-0.05, 0) is 66.4 Å². The van der Waals surface area contributed by atoms with Gasteiger partial charge in [-0.1, -0.05) is 60.1 Å². The van der Waals surface area contributed by atoms with Crippen molar-refractivity contribution in [2.45, 2.75) is 23.3 Å². The summed E-state index contributed by atoms with van der Waals surface area (Å²) in [4.78, 5) is 19.3. The highest BCUT2D eigenvalue weighted by Crippen LogP contribution is 2.40. The zero-order chi connectivity index (χ0) is 28.6. The van der Waals surface area contributed by atoms with Gasteiger partial charge >= 0.3 is 0 Å². The molecule has 0 atom stereocenters. The molecule has 0 radical (unpaired) electrons. The number of thiazole rings is 1. The number of para-hydroxylation sites is 1. The van der Waals surface area contributed by atoms with Crippen LogP contribution >= 0.6 is 22.9 Å². The molecule has 0 saturated carbocycles. The Balaban J connectivity index is 1.15. The highest BCUT2D eigenvalue weighted by atomic mass is 35.5. The average molecular weight is 604 g/mol. The van der Waals surface area contributed by atoms with Crippen molar-refractivity contribution in [3.8, 4) is 11.1 Å². The number of halogens is 1. The van der Waals surface area contributed by atoms with Crippen molar-refractivity contribution < 1.29 is 18.3 Å². The van der Waals surface area contributed by atoms with E-state index in [4.69, 9.17) is 11.6 Å². The van der Waals surface area contributed by atoms with Crippen LogP contribution in [0.3, 0.4) is 0 Å². The molecule has 1 aliphatic heterocycles. The SMILES string of the molecule is O=C(c1ccc(NS(=O)(=O)c2cccc3scnc23)cc1)N1CCC(O)(c2ccccc2-c2ccccc2Cl)CC1. The lowest BCUT2D eigenvalue weighted by Gasteiger charge is -2.39. The summed E-state index contributed by atoms with van der Waals surface area (Å²) in [6.45, 7) is 0.746. The molecule has 1 aromatic heterocycles. The van der Waals surface area contributed by atoms with E-state index in [1.54, 1.807) is 40.7 Å². The predicted octanol–water partition coefficient (Wildman–Crippen LogP) is 6.54. The molecule has 6 rings (SSSR count). The molecular formula is C31H26ClN3O4S2. The van der Waals surface area contributed by atoms with Crippen molar-refractivity contribution in [1.29, 1.82) is 0 Å². The number of rotatable bonds is 6. The first-order chi connectivity index (χ1) is 19.7. The van der Waals surface area contributed by atoms with Crippen LogP contribution in [0.4, 0.5) is 5.69 Å². The quantitative estimate of drug-likeness (QED) is 0.230. The van der Waals surface area contributed by atoms with Crippen LogP contribution in [0.5, 0.6) is 0 Å². The van der Waals surface area contributed by atoms with Gasteiger partial charge in [-0.2, -0.15) is 0 Å². The number of likely N-dealkylation sites (tertiary alicyclic amines) is 1. The molecule has 1 fully saturated rings. The van der Waals surface area contributed by atoms with E-state index in [2.05, 4.69) is 9.71 Å². The number of benzene rings is 4. The standard InChI is InChI=1S/C31H26ClN3O4S2/c32-26-9-4-2-7-24(26)23-6-1-3-8-25(23)31(37)16-18-35(19-17-31)30(36)21-12-14-22(15-13-21)34-41(38,39)28-11-5-10-27-29(28)33-20-40-27/h1-15,20,34,37H,16-19H2. The fourth-order valence-electron chi connectivity index (χ4n) is 5.30. The van der Waals surface area contributed by atoms with E-state index in [1.165, 1.54) is 17.4 Å². The summed E-state index contributed by atoms with van der Waals surface area (Å²) in [5.74, 6) is -0.173. The third kappa shape index (κ3) is 5.34. The molecule has 10 heteroatoms. The van der Waals surface area contributed by atoms with Gasteiger partial charge in [-0.25, -0.2) is 13.4 Å². The van der Waals surface area contributed by atoms with E-state index in [0.717, 1.165) is 21.4 Å². The number of hydrogen-bond donors (Lipinski definition) is 2. The summed E-state index contributed by atoms with van der Waals surface area (Å²) in [7, 11) is -3.87. The molecule has 0 aliphatic carbocycles. The lowest BCUT2D eigenvalue weighted by Crippen LogP contribution is -2.45. The van der Waals surface area contributed by atoms with E-state index in [9.17, 15) is 18.3 Å². The summed E-state index contributed by atoms with van der Waals surface area (Å²) < 4.78 is 29.4. The first-order valence-electron chi connectivity index (χ1n) is 13.1. The van der Waals surface area contributed by atoms with Crippen LogP contribution in [0.1, 0.15) is 28.8 Å². The number of fused-ring (bicyclic) bond motifs is 1. The number of amides is 1. The molecule has 4 aromatic carbocycles. The minimum atomic E-state index is -3.87. The Morgan fingerprint density at radius 3 is 2.32 bits per heavy atom. The number of anilines is 1. The Morgan fingerprint density at radius 2 is 1.59 bits per heavy atom. The predicted molar refractivity (Wildman–Crippen MR) is 163 cm³/mol. The van der Waals surface area contributed by atoms with Gasteiger partial charge < -0.3 is 10.0 Å². The molecule has 2 heterocycles. The molecule has 5 aromatic rings. The van der Waals surface area contributed by atoms with Crippen LogP contribution in [-0.4, -0.2) is 42.4 Å². The Morgan fingerprint density at radius 1 is 0.902 bits per heavy atom. The van der Waals surface area contributed by atoms with Crippen LogP contribution in [0, 0.1) is 0 Å². The van der Waals surface area contributed by atoms with E-state index < -0.39 is 15.6 Å². The molecule has 1 saturated heterocycles. The van der Waals surface area contributed by atoms with E-state index >= 15 is 0 Å². The molecule has 1 aliphatic rings. The summed E-state index contributed by atoms with van der Waals surface area (Å²) >= 11 is 7.84. The summed E-state index contributed by atoms with van der Waals surface area (Å²) in [6.07, 6.45) is 0.751. The summed E-state index contributed by atoms with van der Waals surface area (Å²) in [5, 5.41) is 12.3. The second-order valence-electron chi connectivity index (χ2n) is 9.99. The number of carbonyl (C=O) groups excluding carboxylic acids is 1. The monoisotopic (exact) mass is 603 g/mol. The van der Waals surface area contributed by atoms with Gasteiger partial charge in [0.15, 0.2) is 0 Å². The number of hydrogen-bond acceptors (Lipinski definition) is 6. The topological polar surface area (TPSA) is 99.6 Å². The van der Waals surface area contributed by atoms with Crippen LogP contribution in [0.2, 0.25) is 5.02 Å². The maximum atomic E-state index is 13.3. The second-order valence-corrected chi connectivity index (χ2v) is 12.9. The maximum Gasteiger partial charge on any atom is 0.264 e. The number of aliphatic hydroxyl groups is 1. The van der Waals surface area contributed by atoms with Gasteiger partial charge in [0.25, 0.3) is 15.9 Å². The molecule has 41 heavy (non-hydrogen) atoms. The van der Waals surface area contributed by atoms with E-state index in [0.29, 0.717) is 47.7 Å². The van der Waals surface area contributed by atoms with Gasteiger partial charge in [0.05, 0.1) is 15.8 Å². The van der Waals surface area contributed by atoms with Crippen LogP contribution in [-0.2, 0) is 15.6 Å². The molecule has 7 nitrogen and oxygen atoms in total. The number of nitrogens with one attached hydrogen (secondary N) is 1. The van der Waals surface area contributed by atoms with Gasteiger partial charge in [0, 0.05) is 34.9 Å². The van der Waals surface area contributed by atoms with Crippen molar-refractivity contribution in [2.75, 3.05) is 17.8 Å². The third-order valence-corrected chi connectivity index (χ3v) is 10.0. The lowest BCUT2D eigenvalue weighted by atomic mass is 9.80. The van der Waals surface area contributed by atoms with Crippen molar-refractivity contribution in [1.82, 2.24) is 9.88 Å². The zero-order valence-corrected chi connectivity index (χ0v) is 24.2. The highest BCUT2D eigenvalue weighted by Gasteiger charge is 2.37. The van der Waals surface area contributed by atoms with Crippen LogP contribution < -0.4 is 4.72 Å². The van der Waals surface area contributed by atoms with Crippen LogP contribution in [0.15, 0.2) is 101 Å². The normalized spacial score (nSPS) is 15.1. The Hall–Kier alpha value is -3.76. The van der Waals surface area contributed by atoms with Crippen molar-refractivity contribution >= 4 is 54.8 Å². The molecule has 2 N–H and O–H groups in total. The average Bonchev–Trinajstić information content (AvgIpc) is 3.47. The second kappa shape index (κ2) is 10.9. The first-order valence-corrected chi connectivity index (χ1v) is 15.8. The van der Waals surface area contributed by atoms with Crippen LogP contribution in [0.25, 0.3) is 21.3 Å². The van der Waals surface area contributed by atoms with Gasteiger partial charge in [-0.15, -0.1) is 11.3 Å². The fourth-order valence-corrected chi connectivity index (χ4v) is 7.54. The number of nitrogens with zero attached hydrogens (tertiary/aromatic N) is 2. The number of sulfonamides is 1. The summed E-state index contributed by atoms with van der Waals surface area (Å²) in [5.41, 5.74) is 4.26. The van der Waals surface area contributed by atoms with E-state index in [1.807, 2.05) is 54.6 Å². The highest BCUT2D eigenvalue weighted by molar-refractivity contribution is 7.93. The van der Waals surface area contributed by atoms with Crippen molar-refractivity contribution in [2.24, 2.45) is 0 Å². The molecule has 0 unspecified atom stereocenters. The molecule has 1 amide bonds. The van der Waals surface area contributed by atoms with Crippen molar-refractivity contribution in [3.63, 3.8) is 0 Å². The minimum absolute atomic E-state index is 0.105. The molecule has 0 bridgehead atoms. The smallest absolute Gasteiger partial charge is 0.264 e. The largest absolute Gasteiger partial charge is 0.385 e. The third-order valence-electron chi connectivity index (χ3n) is 7.47. The molecule has 208 valence electrons. The van der Waals surface area contributed by atoms with Gasteiger partial charge in [0.1, 0.15) is 10.4 Å². The van der Waals surface area contributed by atoms with Gasteiger partial charge in [0.2, 0.25) is 0 Å². The lowest BCUT2D eigenvalue weighted by molar-refractivity contribution is -0.0207. The fraction of sp³-hybridized carbons (Fsp3) is 0.161. The molecule has 0 spiro atoms. The van der Waals surface area contributed by atoms with E-state index in [-0.39, 0.29) is 10.8 Å². The summed E-state index contributed by atoms with van der Waals surface area (Å²) in [6, 6.07) is 26.7.